The number of ether oxygens (including phenoxy) is 1. The fourth-order valence-corrected chi connectivity index (χ4v) is 2.52. The minimum atomic E-state index is -0.362. The molecule has 3 unspecified atom stereocenters. The zero-order valence-corrected chi connectivity index (χ0v) is 11.2. The van der Waals surface area contributed by atoms with Crippen molar-refractivity contribution in [1.29, 1.82) is 0 Å². The number of aryl methyl sites for hydroxylation is 1. The zero-order valence-electron chi connectivity index (χ0n) is 11.2. The molecule has 1 fully saturated rings. The van der Waals surface area contributed by atoms with Gasteiger partial charge in [-0.3, -0.25) is 4.68 Å². The van der Waals surface area contributed by atoms with Crippen LogP contribution >= 0.6 is 0 Å². The van der Waals surface area contributed by atoms with Gasteiger partial charge in [-0.15, -0.1) is 0 Å². The van der Waals surface area contributed by atoms with Gasteiger partial charge in [0.1, 0.15) is 6.10 Å². The molecule has 0 radical (unpaired) electrons. The van der Waals surface area contributed by atoms with E-state index in [1.54, 1.807) is 7.05 Å². The van der Waals surface area contributed by atoms with Gasteiger partial charge in [-0.05, 0) is 31.1 Å². The molecule has 5 nitrogen and oxygen atoms in total. The summed E-state index contributed by atoms with van der Waals surface area (Å²) in [5.74, 6) is 0.946. The molecule has 5 heteroatoms. The van der Waals surface area contributed by atoms with Crippen LogP contribution in [-0.2, 0) is 11.8 Å². The second-order valence-electron chi connectivity index (χ2n) is 5.37. The molecule has 100 valence electrons. The first-order chi connectivity index (χ1) is 8.49. The highest BCUT2D eigenvalue weighted by molar-refractivity contribution is 5.93. The molecule has 18 heavy (non-hydrogen) atoms. The Morgan fingerprint density at radius 1 is 1.44 bits per heavy atom. The molecule has 2 rings (SSSR count). The topological polar surface area (TPSA) is 70.1 Å². The standard InChI is InChI=1S/C13H21N3O2/c1-8-4-5-10(6-9(8)2)18-13(17)12-11(14)7-15-16(12)3/h7-10H,4-6,14H2,1-3H3. The van der Waals surface area contributed by atoms with Gasteiger partial charge in [-0.2, -0.15) is 5.10 Å². The van der Waals surface area contributed by atoms with Crippen LogP contribution < -0.4 is 5.73 Å². The quantitative estimate of drug-likeness (QED) is 0.816. The number of carbonyl (C=O) groups is 1. The Balaban J connectivity index is 2.00. The Labute approximate surface area is 107 Å². The van der Waals surface area contributed by atoms with Gasteiger partial charge in [-0.1, -0.05) is 13.8 Å². The molecule has 1 aliphatic carbocycles. The Morgan fingerprint density at radius 3 is 2.72 bits per heavy atom. The number of aromatic nitrogens is 2. The number of hydrogen-bond donors (Lipinski definition) is 1. The molecule has 0 aliphatic heterocycles. The number of nitrogens with zero attached hydrogens (tertiary/aromatic N) is 2. The first-order valence-electron chi connectivity index (χ1n) is 6.47. The average molecular weight is 251 g/mol. The summed E-state index contributed by atoms with van der Waals surface area (Å²) in [5.41, 5.74) is 6.44. The first-order valence-corrected chi connectivity index (χ1v) is 6.47. The van der Waals surface area contributed by atoms with Gasteiger partial charge < -0.3 is 10.5 Å². The molecule has 3 atom stereocenters. The lowest BCUT2D eigenvalue weighted by atomic mass is 9.80. The highest BCUT2D eigenvalue weighted by atomic mass is 16.5. The Morgan fingerprint density at radius 2 is 2.17 bits per heavy atom. The summed E-state index contributed by atoms with van der Waals surface area (Å²) in [4.78, 5) is 12.0. The fraction of sp³-hybridized carbons (Fsp3) is 0.692. The molecular formula is C13H21N3O2. The van der Waals surface area contributed by atoms with E-state index >= 15 is 0 Å². The molecule has 1 aliphatic rings. The van der Waals surface area contributed by atoms with E-state index in [2.05, 4.69) is 18.9 Å². The molecule has 0 saturated heterocycles. The van der Waals surface area contributed by atoms with Gasteiger partial charge in [0.25, 0.3) is 0 Å². The van der Waals surface area contributed by atoms with E-state index in [0.717, 1.165) is 19.3 Å². The molecule has 0 aromatic carbocycles. The van der Waals surface area contributed by atoms with Crippen molar-refractivity contribution in [2.45, 2.75) is 39.2 Å². The van der Waals surface area contributed by atoms with Crippen molar-refractivity contribution in [2.24, 2.45) is 18.9 Å². The van der Waals surface area contributed by atoms with Crippen LogP contribution in [0.3, 0.4) is 0 Å². The summed E-state index contributed by atoms with van der Waals surface area (Å²) >= 11 is 0. The minimum absolute atomic E-state index is 0.0120. The van der Waals surface area contributed by atoms with Crippen LogP contribution in [0.15, 0.2) is 6.20 Å². The number of esters is 1. The summed E-state index contributed by atoms with van der Waals surface area (Å²) in [6.45, 7) is 4.46. The molecule has 1 heterocycles. The average Bonchev–Trinajstić information content (AvgIpc) is 2.64. The van der Waals surface area contributed by atoms with Crippen molar-refractivity contribution < 1.29 is 9.53 Å². The van der Waals surface area contributed by atoms with Crippen molar-refractivity contribution >= 4 is 11.7 Å². The van der Waals surface area contributed by atoms with Crippen LogP contribution in [0.2, 0.25) is 0 Å². The van der Waals surface area contributed by atoms with E-state index in [-0.39, 0.29) is 12.1 Å². The summed E-state index contributed by atoms with van der Waals surface area (Å²) < 4.78 is 7.00. The molecule has 1 aromatic rings. The lowest BCUT2D eigenvalue weighted by Gasteiger charge is -2.31. The van der Waals surface area contributed by atoms with Crippen LogP contribution in [0.4, 0.5) is 5.69 Å². The minimum Gasteiger partial charge on any atom is -0.458 e. The van der Waals surface area contributed by atoms with E-state index in [4.69, 9.17) is 10.5 Å². The second kappa shape index (κ2) is 5.00. The molecule has 1 aromatic heterocycles. The fourth-order valence-electron chi connectivity index (χ4n) is 2.52. The van der Waals surface area contributed by atoms with E-state index in [1.165, 1.54) is 10.9 Å². The molecule has 0 spiro atoms. The summed E-state index contributed by atoms with van der Waals surface area (Å²) in [7, 11) is 1.69. The second-order valence-corrected chi connectivity index (χ2v) is 5.37. The van der Waals surface area contributed by atoms with Gasteiger partial charge in [0.05, 0.1) is 11.9 Å². The predicted octanol–water partition coefficient (Wildman–Crippen LogP) is 1.98. The van der Waals surface area contributed by atoms with Crippen LogP contribution in [0.1, 0.15) is 43.6 Å². The molecular weight excluding hydrogens is 230 g/mol. The number of anilines is 1. The summed E-state index contributed by atoms with van der Waals surface area (Å²) in [6.07, 6.45) is 4.47. The number of carbonyl (C=O) groups excluding carboxylic acids is 1. The third-order valence-electron chi connectivity index (χ3n) is 3.98. The van der Waals surface area contributed by atoms with Gasteiger partial charge >= 0.3 is 5.97 Å². The number of nitrogens with two attached hydrogens (primary N) is 1. The molecule has 2 N–H and O–H groups in total. The highest BCUT2D eigenvalue weighted by Crippen LogP contribution is 2.31. The van der Waals surface area contributed by atoms with E-state index in [0.29, 0.717) is 23.2 Å². The van der Waals surface area contributed by atoms with Crippen LogP contribution in [0.25, 0.3) is 0 Å². The first kappa shape index (κ1) is 12.9. The maximum atomic E-state index is 12.0. The van der Waals surface area contributed by atoms with E-state index in [1.807, 2.05) is 0 Å². The number of rotatable bonds is 2. The van der Waals surface area contributed by atoms with E-state index in [9.17, 15) is 4.79 Å². The van der Waals surface area contributed by atoms with Crippen molar-refractivity contribution in [3.63, 3.8) is 0 Å². The van der Waals surface area contributed by atoms with Crippen molar-refractivity contribution in [3.8, 4) is 0 Å². The monoisotopic (exact) mass is 251 g/mol. The lowest BCUT2D eigenvalue weighted by molar-refractivity contribution is 0.00781. The third kappa shape index (κ3) is 2.49. The molecule has 0 bridgehead atoms. The third-order valence-corrected chi connectivity index (χ3v) is 3.98. The van der Waals surface area contributed by atoms with Gasteiger partial charge in [0.2, 0.25) is 0 Å². The van der Waals surface area contributed by atoms with Crippen molar-refractivity contribution in [1.82, 2.24) is 9.78 Å². The lowest BCUT2D eigenvalue weighted by Crippen LogP contribution is -2.29. The Hall–Kier alpha value is -1.52. The van der Waals surface area contributed by atoms with Crippen molar-refractivity contribution in [3.05, 3.63) is 11.9 Å². The number of nitrogen functional groups attached to an aromatic ring is 1. The van der Waals surface area contributed by atoms with Crippen LogP contribution in [0, 0.1) is 11.8 Å². The molecule has 1 saturated carbocycles. The van der Waals surface area contributed by atoms with Crippen molar-refractivity contribution in [2.75, 3.05) is 5.73 Å². The van der Waals surface area contributed by atoms with Crippen LogP contribution in [0.5, 0.6) is 0 Å². The smallest absolute Gasteiger partial charge is 0.359 e. The maximum Gasteiger partial charge on any atom is 0.359 e. The van der Waals surface area contributed by atoms with Gasteiger partial charge in [-0.25, -0.2) is 4.79 Å². The van der Waals surface area contributed by atoms with Gasteiger partial charge in [0.15, 0.2) is 5.69 Å². The normalized spacial score (nSPS) is 28.1. The summed E-state index contributed by atoms with van der Waals surface area (Å²) in [5, 5.41) is 3.95. The zero-order chi connectivity index (χ0) is 13.3. The highest BCUT2D eigenvalue weighted by Gasteiger charge is 2.28. The Kier molecular flexibility index (Phi) is 3.59. The van der Waals surface area contributed by atoms with E-state index < -0.39 is 0 Å². The summed E-state index contributed by atoms with van der Waals surface area (Å²) in [6, 6.07) is 0. The predicted molar refractivity (Wildman–Crippen MR) is 69.0 cm³/mol. The Bertz CT molecular complexity index is 422. The number of hydrogen-bond acceptors (Lipinski definition) is 4. The maximum absolute atomic E-state index is 12.0. The van der Waals surface area contributed by atoms with Crippen LogP contribution in [-0.4, -0.2) is 21.9 Å². The SMILES string of the molecule is CC1CCC(OC(=O)c2c(N)cnn2C)CC1C. The molecule has 0 amide bonds. The van der Waals surface area contributed by atoms with Gasteiger partial charge in [0, 0.05) is 7.05 Å². The largest absolute Gasteiger partial charge is 0.458 e.